The van der Waals surface area contributed by atoms with Crippen LogP contribution in [0.1, 0.15) is 13.8 Å². The second kappa shape index (κ2) is 7.05. The lowest BCUT2D eigenvalue weighted by atomic mass is 10.2. The topological polar surface area (TPSA) is 53.1 Å². The van der Waals surface area contributed by atoms with E-state index >= 15 is 0 Å². The Morgan fingerprint density at radius 1 is 1.10 bits per heavy atom. The van der Waals surface area contributed by atoms with Crippen LogP contribution in [-0.2, 0) is 0 Å². The van der Waals surface area contributed by atoms with Gasteiger partial charge in [-0.05, 0) is 25.2 Å². The Labute approximate surface area is 120 Å². The summed E-state index contributed by atoms with van der Waals surface area (Å²) in [5.41, 5.74) is 0.956. The minimum absolute atomic E-state index is 0.647. The lowest BCUT2D eigenvalue weighted by molar-refractivity contribution is 0.316. The number of hydrogen-bond donors (Lipinski definition) is 2. The summed E-state index contributed by atoms with van der Waals surface area (Å²) in [5, 5.41) is 7.50. The monoisotopic (exact) mass is 273 g/mol. The molecule has 0 saturated carbocycles. The van der Waals surface area contributed by atoms with Crippen LogP contribution in [0.15, 0.2) is 24.3 Å². The summed E-state index contributed by atoms with van der Waals surface area (Å²) in [6.07, 6.45) is 0. The molecule has 0 fully saturated rings. The zero-order chi connectivity index (χ0) is 14.4. The molecule has 0 amide bonds. The van der Waals surface area contributed by atoms with E-state index < -0.39 is 0 Å². The quantitative estimate of drug-likeness (QED) is 0.811. The van der Waals surface area contributed by atoms with Crippen LogP contribution < -0.4 is 10.6 Å². The molecule has 0 aliphatic heterocycles. The predicted molar refractivity (Wildman–Crippen MR) is 85.4 cm³/mol. The van der Waals surface area contributed by atoms with Crippen LogP contribution in [0.5, 0.6) is 0 Å². The molecule has 1 aromatic carbocycles. The van der Waals surface area contributed by atoms with Gasteiger partial charge in [0.05, 0.1) is 5.52 Å². The summed E-state index contributed by atoms with van der Waals surface area (Å²) in [6.45, 7) is 8.41. The van der Waals surface area contributed by atoms with Crippen LogP contribution >= 0.6 is 0 Å². The van der Waals surface area contributed by atoms with Crippen molar-refractivity contribution >= 4 is 22.7 Å². The highest BCUT2D eigenvalue weighted by atomic mass is 15.2. The number of para-hydroxylation sites is 1. The molecule has 0 spiro atoms. The van der Waals surface area contributed by atoms with Crippen LogP contribution in [0.25, 0.3) is 10.9 Å². The molecule has 0 radical (unpaired) electrons. The van der Waals surface area contributed by atoms with Gasteiger partial charge in [-0.1, -0.05) is 26.0 Å². The number of hydrogen-bond acceptors (Lipinski definition) is 5. The Kier molecular flexibility index (Phi) is 5.12. The minimum atomic E-state index is 0.647. The van der Waals surface area contributed by atoms with Crippen molar-refractivity contribution in [2.24, 2.45) is 0 Å². The number of benzene rings is 1. The Morgan fingerprint density at radius 2 is 1.85 bits per heavy atom. The highest BCUT2D eigenvalue weighted by molar-refractivity contribution is 5.89. The second-order valence-corrected chi connectivity index (χ2v) is 4.62. The number of nitrogens with zero attached hydrogens (tertiary/aromatic N) is 3. The van der Waals surface area contributed by atoms with Crippen molar-refractivity contribution in [3.63, 3.8) is 0 Å². The number of rotatable bonds is 7. The van der Waals surface area contributed by atoms with Crippen molar-refractivity contribution in [2.75, 3.05) is 43.9 Å². The summed E-state index contributed by atoms with van der Waals surface area (Å²) in [4.78, 5) is 11.4. The Hall–Kier alpha value is -1.88. The van der Waals surface area contributed by atoms with Crippen LogP contribution in [0, 0.1) is 0 Å². The first-order valence-corrected chi connectivity index (χ1v) is 7.19. The third kappa shape index (κ3) is 3.36. The molecule has 0 saturated heterocycles. The number of aromatic nitrogens is 2. The summed E-state index contributed by atoms with van der Waals surface area (Å²) < 4.78 is 0. The van der Waals surface area contributed by atoms with Gasteiger partial charge in [0, 0.05) is 25.5 Å². The van der Waals surface area contributed by atoms with E-state index in [0.29, 0.717) is 5.95 Å². The molecular formula is C15H23N5. The number of nitrogens with one attached hydrogen (secondary N) is 2. The van der Waals surface area contributed by atoms with Gasteiger partial charge >= 0.3 is 0 Å². The molecule has 20 heavy (non-hydrogen) atoms. The summed E-state index contributed by atoms with van der Waals surface area (Å²) in [6, 6.07) is 8.07. The van der Waals surface area contributed by atoms with E-state index in [1.807, 2.05) is 25.2 Å². The third-order valence-corrected chi connectivity index (χ3v) is 3.44. The van der Waals surface area contributed by atoms with Crippen molar-refractivity contribution in [1.29, 1.82) is 0 Å². The predicted octanol–water partition coefficient (Wildman–Crippen LogP) is 2.43. The molecule has 2 aromatic rings. The van der Waals surface area contributed by atoms with Crippen LogP contribution in [0.3, 0.4) is 0 Å². The normalized spacial score (nSPS) is 11.0. The zero-order valence-electron chi connectivity index (χ0n) is 12.5. The largest absolute Gasteiger partial charge is 0.368 e. The molecule has 1 aromatic heterocycles. The molecule has 108 valence electrons. The maximum Gasteiger partial charge on any atom is 0.224 e. The van der Waals surface area contributed by atoms with Crippen molar-refractivity contribution in [3.8, 4) is 0 Å². The SMILES string of the molecule is CCN(CC)CCNc1nc(NC)nc2ccccc12. The molecule has 0 bridgehead atoms. The van der Waals surface area contributed by atoms with E-state index in [9.17, 15) is 0 Å². The van der Waals surface area contributed by atoms with Gasteiger partial charge in [-0.2, -0.15) is 4.98 Å². The molecule has 5 nitrogen and oxygen atoms in total. The van der Waals surface area contributed by atoms with Gasteiger partial charge in [-0.3, -0.25) is 0 Å². The molecule has 0 atom stereocenters. The lowest BCUT2D eigenvalue weighted by Crippen LogP contribution is -2.28. The highest BCUT2D eigenvalue weighted by Crippen LogP contribution is 2.21. The molecule has 0 aliphatic rings. The van der Waals surface area contributed by atoms with E-state index in [1.165, 1.54) is 0 Å². The first kappa shape index (κ1) is 14.5. The molecule has 2 rings (SSSR count). The zero-order valence-corrected chi connectivity index (χ0v) is 12.5. The van der Waals surface area contributed by atoms with Crippen LogP contribution in [-0.4, -0.2) is 48.1 Å². The van der Waals surface area contributed by atoms with Crippen molar-refractivity contribution in [2.45, 2.75) is 13.8 Å². The summed E-state index contributed by atoms with van der Waals surface area (Å²) in [5.74, 6) is 1.54. The highest BCUT2D eigenvalue weighted by Gasteiger charge is 2.06. The first-order chi connectivity index (χ1) is 9.78. The fourth-order valence-electron chi connectivity index (χ4n) is 2.20. The van der Waals surface area contributed by atoms with Crippen molar-refractivity contribution in [3.05, 3.63) is 24.3 Å². The summed E-state index contributed by atoms with van der Waals surface area (Å²) in [7, 11) is 1.84. The van der Waals surface area contributed by atoms with E-state index in [-0.39, 0.29) is 0 Å². The number of likely N-dealkylation sites (N-methyl/N-ethyl adjacent to an activating group) is 1. The van der Waals surface area contributed by atoms with Crippen LogP contribution in [0.2, 0.25) is 0 Å². The van der Waals surface area contributed by atoms with Gasteiger partial charge in [-0.15, -0.1) is 0 Å². The average Bonchev–Trinajstić information content (AvgIpc) is 2.51. The lowest BCUT2D eigenvalue weighted by Gasteiger charge is -2.18. The molecule has 5 heteroatoms. The number of anilines is 2. The van der Waals surface area contributed by atoms with Crippen molar-refractivity contribution in [1.82, 2.24) is 14.9 Å². The molecule has 1 heterocycles. The average molecular weight is 273 g/mol. The van der Waals surface area contributed by atoms with Crippen LogP contribution in [0.4, 0.5) is 11.8 Å². The number of fused-ring (bicyclic) bond motifs is 1. The maximum absolute atomic E-state index is 4.52. The van der Waals surface area contributed by atoms with Gasteiger partial charge in [0.25, 0.3) is 0 Å². The summed E-state index contributed by atoms with van der Waals surface area (Å²) >= 11 is 0. The second-order valence-electron chi connectivity index (χ2n) is 4.62. The van der Waals surface area contributed by atoms with Gasteiger partial charge in [-0.25, -0.2) is 4.98 Å². The fraction of sp³-hybridized carbons (Fsp3) is 0.467. The standard InChI is InChI=1S/C15H23N5/c1-4-20(5-2)11-10-17-14-12-8-6-7-9-13(12)18-15(16-3)19-14/h6-9H,4-5,10-11H2,1-3H3,(H2,16,17,18,19). The van der Waals surface area contributed by atoms with E-state index in [1.54, 1.807) is 0 Å². The van der Waals surface area contributed by atoms with Crippen molar-refractivity contribution < 1.29 is 0 Å². The van der Waals surface area contributed by atoms with Gasteiger partial charge in [0.15, 0.2) is 0 Å². The Morgan fingerprint density at radius 3 is 2.55 bits per heavy atom. The van der Waals surface area contributed by atoms with Gasteiger partial charge in [0.2, 0.25) is 5.95 Å². The van der Waals surface area contributed by atoms with Gasteiger partial charge < -0.3 is 15.5 Å². The third-order valence-electron chi connectivity index (χ3n) is 3.44. The minimum Gasteiger partial charge on any atom is -0.368 e. The van der Waals surface area contributed by atoms with E-state index in [2.05, 4.69) is 45.4 Å². The first-order valence-electron chi connectivity index (χ1n) is 7.19. The van der Waals surface area contributed by atoms with Gasteiger partial charge in [0.1, 0.15) is 5.82 Å². The Balaban J connectivity index is 2.15. The van der Waals surface area contributed by atoms with E-state index in [4.69, 9.17) is 0 Å². The molecule has 2 N–H and O–H groups in total. The fourth-order valence-corrected chi connectivity index (χ4v) is 2.20. The molecular weight excluding hydrogens is 250 g/mol. The van der Waals surface area contributed by atoms with E-state index in [0.717, 1.165) is 42.9 Å². The smallest absolute Gasteiger partial charge is 0.224 e. The Bertz CT molecular complexity index is 551. The molecule has 0 aliphatic carbocycles. The maximum atomic E-state index is 4.52. The molecule has 0 unspecified atom stereocenters.